The van der Waals surface area contributed by atoms with Crippen molar-refractivity contribution in [2.75, 3.05) is 18.4 Å². The lowest BCUT2D eigenvalue weighted by molar-refractivity contribution is -0.123. The van der Waals surface area contributed by atoms with Gasteiger partial charge in [0, 0.05) is 12.2 Å². The molecule has 1 aliphatic heterocycles. The van der Waals surface area contributed by atoms with Crippen molar-refractivity contribution < 1.29 is 9.18 Å². The summed E-state index contributed by atoms with van der Waals surface area (Å²) in [7, 11) is 0. The Morgan fingerprint density at radius 2 is 2.32 bits per heavy atom. The minimum atomic E-state index is -0.465. The molecule has 6 nitrogen and oxygen atoms in total. The fourth-order valence-electron chi connectivity index (χ4n) is 2.40. The van der Waals surface area contributed by atoms with E-state index in [1.54, 1.807) is 12.1 Å². The van der Waals surface area contributed by atoms with Crippen molar-refractivity contribution in [3.63, 3.8) is 0 Å². The molecular weight excluding hydrogens is 309 g/mol. The van der Waals surface area contributed by atoms with Crippen molar-refractivity contribution in [2.24, 2.45) is 5.41 Å². The van der Waals surface area contributed by atoms with E-state index in [2.05, 4.69) is 20.7 Å². The van der Waals surface area contributed by atoms with Crippen LogP contribution >= 0.6 is 12.4 Å². The van der Waals surface area contributed by atoms with Gasteiger partial charge in [0.05, 0.1) is 5.41 Å². The second-order valence-corrected chi connectivity index (χ2v) is 5.45. The van der Waals surface area contributed by atoms with E-state index in [1.807, 2.05) is 6.92 Å². The summed E-state index contributed by atoms with van der Waals surface area (Å²) in [6.45, 7) is 3.37. The third kappa shape index (κ3) is 3.10. The monoisotopic (exact) mass is 325 g/mol. The van der Waals surface area contributed by atoms with Crippen LogP contribution in [-0.4, -0.2) is 33.8 Å². The topological polar surface area (TPSA) is 71.8 Å². The second-order valence-electron chi connectivity index (χ2n) is 5.45. The SMILES string of the molecule is CC1(C(=O)Nc2ccc(-n3cncn3)c(F)c2)CCNC1.Cl. The van der Waals surface area contributed by atoms with E-state index in [1.165, 1.54) is 23.4 Å². The smallest absolute Gasteiger partial charge is 0.231 e. The molecule has 22 heavy (non-hydrogen) atoms. The molecule has 2 heterocycles. The van der Waals surface area contributed by atoms with Crippen molar-refractivity contribution in [3.05, 3.63) is 36.7 Å². The number of nitrogens with zero attached hydrogens (tertiary/aromatic N) is 3. The fraction of sp³-hybridized carbons (Fsp3) is 0.357. The van der Waals surface area contributed by atoms with Gasteiger partial charge in [0.25, 0.3) is 0 Å². The van der Waals surface area contributed by atoms with Crippen LogP contribution in [-0.2, 0) is 4.79 Å². The van der Waals surface area contributed by atoms with Crippen molar-refractivity contribution in [1.29, 1.82) is 0 Å². The summed E-state index contributed by atoms with van der Waals surface area (Å²) in [5.74, 6) is -0.562. The first-order valence-electron chi connectivity index (χ1n) is 6.75. The Labute approximate surface area is 133 Å². The number of hydrogen-bond acceptors (Lipinski definition) is 4. The maximum absolute atomic E-state index is 14.1. The molecule has 2 aromatic rings. The van der Waals surface area contributed by atoms with Gasteiger partial charge in [-0.15, -0.1) is 12.4 Å². The molecule has 1 fully saturated rings. The van der Waals surface area contributed by atoms with Gasteiger partial charge in [-0.25, -0.2) is 14.1 Å². The largest absolute Gasteiger partial charge is 0.325 e. The molecule has 0 aliphatic carbocycles. The molecule has 1 aromatic heterocycles. The highest BCUT2D eigenvalue weighted by Crippen LogP contribution is 2.27. The highest BCUT2D eigenvalue weighted by Gasteiger charge is 2.36. The number of halogens is 2. The number of carbonyl (C=O) groups is 1. The van der Waals surface area contributed by atoms with Gasteiger partial charge in [-0.3, -0.25) is 4.79 Å². The first-order valence-corrected chi connectivity index (χ1v) is 6.75. The van der Waals surface area contributed by atoms with Gasteiger partial charge in [-0.05, 0) is 38.1 Å². The third-order valence-corrected chi connectivity index (χ3v) is 3.79. The highest BCUT2D eigenvalue weighted by atomic mass is 35.5. The third-order valence-electron chi connectivity index (χ3n) is 3.79. The number of hydrogen-bond donors (Lipinski definition) is 2. The lowest BCUT2D eigenvalue weighted by atomic mass is 9.89. The first-order chi connectivity index (χ1) is 10.1. The molecule has 0 spiro atoms. The molecule has 1 aliphatic rings. The van der Waals surface area contributed by atoms with Crippen LogP contribution in [0.3, 0.4) is 0 Å². The normalized spacial score (nSPS) is 20.5. The highest BCUT2D eigenvalue weighted by molar-refractivity contribution is 5.95. The van der Waals surface area contributed by atoms with Crippen LogP contribution in [0.2, 0.25) is 0 Å². The molecule has 118 valence electrons. The Bertz CT molecular complexity index is 655. The minimum Gasteiger partial charge on any atom is -0.325 e. The van der Waals surface area contributed by atoms with E-state index in [0.717, 1.165) is 13.0 Å². The number of nitrogens with one attached hydrogen (secondary N) is 2. The molecule has 1 unspecified atom stereocenters. The van der Waals surface area contributed by atoms with Gasteiger partial charge in [-0.2, -0.15) is 5.10 Å². The Balaban J connectivity index is 0.00000176. The van der Waals surface area contributed by atoms with Crippen LogP contribution in [0.1, 0.15) is 13.3 Å². The molecule has 1 atom stereocenters. The van der Waals surface area contributed by atoms with Gasteiger partial charge in [0.2, 0.25) is 5.91 Å². The zero-order valence-electron chi connectivity index (χ0n) is 12.0. The van der Waals surface area contributed by atoms with Crippen LogP contribution in [0, 0.1) is 11.2 Å². The van der Waals surface area contributed by atoms with Gasteiger partial charge in [0.1, 0.15) is 18.3 Å². The van der Waals surface area contributed by atoms with Crippen LogP contribution in [0.5, 0.6) is 0 Å². The Hall–Kier alpha value is -1.99. The number of anilines is 1. The predicted molar refractivity (Wildman–Crippen MR) is 82.8 cm³/mol. The molecule has 1 aromatic carbocycles. The van der Waals surface area contributed by atoms with Crippen LogP contribution < -0.4 is 10.6 Å². The molecule has 1 amide bonds. The Morgan fingerprint density at radius 3 is 2.91 bits per heavy atom. The molecular formula is C14H17ClFN5O. The van der Waals surface area contributed by atoms with Crippen LogP contribution in [0.15, 0.2) is 30.9 Å². The summed E-state index contributed by atoms with van der Waals surface area (Å²) in [4.78, 5) is 16.0. The predicted octanol–water partition coefficient (Wildman–Crippen LogP) is 1.77. The molecule has 0 bridgehead atoms. The maximum Gasteiger partial charge on any atom is 0.231 e. The zero-order chi connectivity index (χ0) is 14.9. The average Bonchev–Trinajstić information content (AvgIpc) is 3.11. The molecule has 3 rings (SSSR count). The lowest BCUT2D eigenvalue weighted by Crippen LogP contribution is -2.35. The quantitative estimate of drug-likeness (QED) is 0.902. The maximum atomic E-state index is 14.1. The number of aromatic nitrogens is 3. The van der Waals surface area contributed by atoms with Crippen molar-refractivity contribution in [2.45, 2.75) is 13.3 Å². The van der Waals surface area contributed by atoms with Crippen LogP contribution in [0.4, 0.5) is 10.1 Å². The van der Waals surface area contributed by atoms with Crippen molar-refractivity contribution >= 4 is 24.0 Å². The van der Waals surface area contributed by atoms with E-state index in [-0.39, 0.29) is 18.3 Å². The van der Waals surface area contributed by atoms with E-state index in [9.17, 15) is 9.18 Å². The fourth-order valence-corrected chi connectivity index (χ4v) is 2.40. The number of rotatable bonds is 3. The zero-order valence-corrected chi connectivity index (χ0v) is 12.9. The van der Waals surface area contributed by atoms with Gasteiger partial charge in [0.15, 0.2) is 5.82 Å². The second kappa shape index (κ2) is 6.41. The van der Waals surface area contributed by atoms with Crippen molar-refractivity contribution in [3.8, 4) is 5.69 Å². The summed E-state index contributed by atoms with van der Waals surface area (Å²) in [5.41, 5.74) is 0.287. The molecule has 0 saturated carbocycles. The molecule has 1 saturated heterocycles. The summed E-state index contributed by atoms with van der Waals surface area (Å²) in [5, 5.41) is 9.82. The molecule has 2 N–H and O–H groups in total. The van der Waals surface area contributed by atoms with E-state index >= 15 is 0 Å². The molecule has 8 heteroatoms. The average molecular weight is 326 g/mol. The number of amides is 1. The Morgan fingerprint density at radius 1 is 1.50 bits per heavy atom. The molecule has 0 radical (unpaired) electrons. The van der Waals surface area contributed by atoms with Gasteiger partial charge in [-0.1, -0.05) is 0 Å². The summed E-state index contributed by atoms with van der Waals surface area (Å²) < 4.78 is 15.4. The van der Waals surface area contributed by atoms with Crippen LogP contribution in [0.25, 0.3) is 5.69 Å². The van der Waals surface area contributed by atoms with Crippen molar-refractivity contribution in [1.82, 2.24) is 20.1 Å². The van der Waals surface area contributed by atoms with Gasteiger partial charge >= 0.3 is 0 Å². The van der Waals surface area contributed by atoms with Gasteiger partial charge < -0.3 is 10.6 Å². The Kier molecular flexibility index (Phi) is 4.77. The summed E-state index contributed by atoms with van der Waals surface area (Å²) in [6, 6.07) is 4.51. The standard InChI is InChI=1S/C14H16FN5O.ClH/c1-14(4-5-16-7-14)13(21)19-10-2-3-12(11(15)6-10)20-9-17-8-18-20;/h2-3,6,8-9,16H,4-5,7H2,1H3,(H,19,21);1H. The number of carbonyl (C=O) groups excluding carboxylic acids is 1. The van der Waals surface area contributed by atoms with E-state index < -0.39 is 11.2 Å². The lowest BCUT2D eigenvalue weighted by Gasteiger charge is -2.21. The summed E-state index contributed by atoms with van der Waals surface area (Å²) in [6.07, 6.45) is 3.53. The van der Waals surface area contributed by atoms with E-state index in [0.29, 0.717) is 17.9 Å². The first kappa shape index (κ1) is 16.4. The minimum absolute atomic E-state index is 0. The summed E-state index contributed by atoms with van der Waals surface area (Å²) >= 11 is 0. The number of benzene rings is 1. The van der Waals surface area contributed by atoms with E-state index in [4.69, 9.17) is 0 Å².